The quantitative estimate of drug-likeness (QED) is 0.868. The summed E-state index contributed by atoms with van der Waals surface area (Å²) in [6.45, 7) is 1.26. The van der Waals surface area contributed by atoms with Gasteiger partial charge >= 0.3 is 0 Å². The van der Waals surface area contributed by atoms with Gasteiger partial charge in [0.05, 0.1) is 6.54 Å². The molecule has 0 saturated carbocycles. The zero-order valence-corrected chi connectivity index (χ0v) is 12.2. The van der Waals surface area contributed by atoms with Gasteiger partial charge < -0.3 is 9.64 Å². The first-order chi connectivity index (χ1) is 10.7. The highest BCUT2D eigenvalue weighted by Crippen LogP contribution is 2.23. The zero-order chi connectivity index (χ0) is 15.4. The van der Waals surface area contributed by atoms with Crippen molar-refractivity contribution in [3.8, 4) is 0 Å². The molecule has 0 N–H and O–H groups in total. The third-order valence-corrected chi connectivity index (χ3v) is 3.90. The highest BCUT2D eigenvalue weighted by molar-refractivity contribution is 5.78. The van der Waals surface area contributed by atoms with Gasteiger partial charge in [0, 0.05) is 6.54 Å². The second-order valence-corrected chi connectivity index (χ2v) is 5.43. The summed E-state index contributed by atoms with van der Waals surface area (Å²) in [6, 6.07) is 16.4. The summed E-state index contributed by atoms with van der Waals surface area (Å²) in [5.74, 6) is -0.258. The molecule has 1 fully saturated rings. The molecule has 0 aliphatic carbocycles. The van der Waals surface area contributed by atoms with E-state index in [1.807, 2.05) is 23.1 Å². The number of carbonyl (C=O) groups excluding carboxylic acids is 1. The number of hydrogen-bond acceptors (Lipinski definition) is 2. The maximum Gasteiger partial charge on any atom is 0.248 e. The van der Waals surface area contributed by atoms with Crippen molar-refractivity contribution in [2.24, 2.45) is 0 Å². The Hall–Kier alpha value is -2.20. The summed E-state index contributed by atoms with van der Waals surface area (Å²) in [5.41, 5.74) is 2.11. The Labute approximate surface area is 129 Å². The lowest BCUT2D eigenvalue weighted by Crippen LogP contribution is -2.44. The average molecular weight is 299 g/mol. The van der Waals surface area contributed by atoms with Crippen LogP contribution < -0.4 is 0 Å². The van der Waals surface area contributed by atoms with E-state index in [1.165, 1.54) is 17.7 Å². The number of halogens is 1. The third-order valence-electron chi connectivity index (χ3n) is 3.90. The molecule has 1 amide bonds. The summed E-state index contributed by atoms with van der Waals surface area (Å²) in [4.78, 5) is 13.8. The van der Waals surface area contributed by atoms with E-state index in [1.54, 1.807) is 12.1 Å². The molecule has 0 bridgehead atoms. The molecule has 1 aliphatic rings. The van der Waals surface area contributed by atoms with Crippen LogP contribution in [0.3, 0.4) is 0 Å². The Balaban J connectivity index is 1.63. The number of hydrogen-bond donors (Lipinski definition) is 0. The Kier molecular flexibility index (Phi) is 4.49. The van der Waals surface area contributed by atoms with E-state index in [2.05, 4.69) is 12.1 Å². The van der Waals surface area contributed by atoms with Crippen LogP contribution in [-0.4, -0.2) is 30.5 Å². The summed E-state index contributed by atoms with van der Waals surface area (Å²) in [7, 11) is 0. The van der Waals surface area contributed by atoms with Gasteiger partial charge in [0.2, 0.25) is 5.91 Å². The monoisotopic (exact) mass is 299 g/mol. The van der Waals surface area contributed by atoms with Gasteiger partial charge in [0.25, 0.3) is 0 Å². The molecular weight excluding hydrogens is 281 g/mol. The molecule has 2 aromatic carbocycles. The van der Waals surface area contributed by atoms with E-state index in [0.29, 0.717) is 13.1 Å². The van der Waals surface area contributed by atoms with Gasteiger partial charge in [0.1, 0.15) is 18.5 Å². The lowest BCUT2D eigenvalue weighted by Gasteiger charge is -2.33. The van der Waals surface area contributed by atoms with E-state index in [0.717, 1.165) is 12.0 Å². The van der Waals surface area contributed by atoms with E-state index in [4.69, 9.17) is 4.74 Å². The molecule has 4 heteroatoms. The highest BCUT2D eigenvalue weighted by atomic mass is 19.1. The molecule has 2 aromatic rings. The van der Waals surface area contributed by atoms with Crippen LogP contribution in [0.2, 0.25) is 0 Å². The molecule has 1 atom stereocenters. The number of amides is 1. The van der Waals surface area contributed by atoms with E-state index < -0.39 is 0 Å². The van der Waals surface area contributed by atoms with Crippen molar-refractivity contribution in [3.05, 3.63) is 71.5 Å². The fourth-order valence-corrected chi connectivity index (χ4v) is 2.62. The minimum atomic E-state index is -0.267. The topological polar surface area (TPSA) is 29.5 Å². The van der Waals surface area contributed by atoms with Crippen LogP contribution in [-0.2, 0) is 16.0 Å². The second-order valence-electron chi connectivity index (χ2n) is 5.43. The number of ether oxygens (including phenoxy) is 1. The number of benzene rings is 2. The van der Waals surface area contributed by atoms with Gasteiger partial charge in [-0.05, 0) is 29.7 Å². The van der Waals surface area contributed by atoms with Crippen molar-refractivity contribution in [2.45, 2.75) is 12.5 Å². The Morgan fingerprint density at radius 2 is 1.82 bits per heavy atom. The molecule has 0 unspecified atom stereocenters. The summed E-state index contributed by atoms with van der Waals surface area (Å²) >= 11 is 0. The van der Waals surface area contributed by atoms with Crippen LogP contribution in [0.5, 0.6) is 0 Å². The predicted octanol–water partition coefficient (Wildman–Crippen LogP) is 2.97. The minimum Gasteiger partial charge on any atom is -0.362 e. The van der Waals surface area contributed by atoms with Crippen LogP contribution in [0.4, 0.5) is 4.39 Å². The van der Waals surface area contributed by atoms with Crippen molar-refractivity contribution in [3.63, 3.8) is 0 Å². The standard InChI is InChI=1S/C18H18FNO2/c19-16-8-6-15(7-9-16)17-12-20(18(21)13-22-17)11-10-14-4-2-1-3-5-14/h1-9,17H,10-13H2/t17-/m1/s1. The highest BCUT2D eigenvalue weighted by Gasteiger charge is 2.27. The van der Waals surface area contributed by atoms with Crippen LogP contribution >= 0.6 is 0 Å². The van der Waals surface area contributed by atoms with E-state index >= 15 is 0 Å². The lowest BCUT2D eigenvalue weighted by atomic mass is 10.1. The predicted molar refractivity (Wildman–Crippen MR) is 81.8 cm³/mol. The minimum absolute atomic E-state index is 0.00860. The van der Waals surface area contributed by atoms with Crippen molar-refractivity contribution in [1.29, 1.82) is 0 Å². The fraction of sp³-hybridized carbons (Fsp3) is 0.278. The fourth-order valence-electron chi connectivity index (χ4n) is 2.62. The summed E-state index contributed by atoms with van der Waals surface area (Å²) in [6.07, 6.45) is 0.636. The largest absolute Gasteiger partial charge is 0.362 e. The van der Waals surface area contributed by atoms with Crippen LogP contribution in [0.1, 0.15) is 17.2 Å². The van der Waals surface area contributed by atoms with Gasteiger partial charge in [-0.3, -0.25) is 4.79 Å². The van der Waals surface area contributed by atoms with Gasteiger partial charge in [0.15, 0.2) is 0 Å². The molecule has 0 aromatic heterocycles. The molecule has 1 heterocycles. The SMILES string of the molecule is O=C1CO[C@@H](c2ccc(F)cc2)CN1CCc1ccccc1. The third kappa shape index (κ3) is 3.52. The first-order valence-electron chi connectivity index (χ1n) is 7.41. The molecule has 0 spiro atoms. The first kappa shape index (κ1) is 14.7. The average Bonchev–Trinajstić information content (AvgIpc) is 2.56. The number of morpholine rings is 1. The number of rotatable bonds is 4. The molecule has 3 rings (SSSR count). The van der Waals surface area contributed by atoms with E-state index in [9.17, 15) is 9.18 Å². The van der Waals surface area contributed by atoms with Crippen LogP contribution in [0.25, 0.3) is 0 Å². The van der Waals surface area contributed by atoms with Gasteiger partial charge in [-0.25, -0.2) is 4.39 Å². The molecule has 1 saturated heterocycles. The normalized spacial score (nSPS) is 18.5. The van der Waals surface area contributed by atoms with Gasteiger partial charge in [-0.2, -0.15) is 0 Å². The van der Waals surface area contributed by atoms with Crippen LogP contribution in [0.15, 0.2) is 54.6 Å². The molecule has 0 radical (unpaired) electrons. The second kappa shape index (κ2) is 6.71. The summed E-state index contributed by atoms with van der Waals surface area (Å²) < 4.78 is 18.6. The zero-order valence-electron chi connectivity index (χ0n) is 12.2. The molecule has 22 heavy (non-hydrogen) atoms. The molecular formula is C18H18FNO2. The smallest absolute Gasteiger partial charge is 0.248 e. The first-order valence-corrected chi connectivity index (χ1v) is 7.41. The molecule has 114 valence electrons. The lowest BCUT2D eigenvalue weighted by molar-refractivity contribution is -0.149. The van der Waals surface area contributed by atoms with Crippen molar-refractivity contribution in [1.82, 2.24) is 4.90 Å². The summed E-state index contributed by atoms with van der Waals surface area (Å²) in [5, 5.41) is 0. The molecule has 3 nitrogen and oxygen atoms in total. The van der Waals surface area contributed by atoms with Crippen LogP contribution in [0, 0.1) is 5.82 Å². The number of carbonyl (C=O) groups is 1. The van der Waals surface area contributed by atoms with Crippen molar-refractivity contribution in [2.75, 3.05) is 19.7 Å². The maximum absolute atomic E-state index is 13.0. The van der Waals surface area contributed by atoms with Gasteiger partial charge in [-0.15, -0.1) is 0 Å². The Bertz CT molecular complexity index is 627. The molecule has 1 aliphatic heterocycles. The van der Waals surface area contributed by atoms with Gasteiger partial charge in [-0.1, -0.05) is 42.5 Å². The van der Waals surface area contributed by atoms with Crippen molar-refractivity contribution >= 4 is 5.91 Å². The van der Waals surface area contributed by atoms with Crippen molar-refractivity contribution < 1.29 is 13.9 Å². The number of nitrogens with zero attached hydrogens (tertiary/aromatic N) is 1. The Morgan fingerprint density at radius 3 is 2.55 bits per heavy atom. The Morgan fingerprint density at radius 1 is 1.09 bits per heavy atom. The van der Waals surface area contributed by atoms with E-state index in [-0.39, 0.29) is 24.4 Å². The maximum atomic E-state index is 13.0.